The van der Waals surface area contributed by atoms with Gasteiger partial charge in [0, 0.05) is 0 Å². The molecule has 0 aliphatic heterocycles. The Labute approximate surface area is 108 Å². The molecule has 0 bridgehead atoms. The van der Waals surface area contributed by atoms with Crippen molar-refractivity contribution >= 4 is 15.9 Å². The summed E-state index contributed by atoms with van der Waals surface area (Å²) in [6, 6.07) is 10.1. The van der Waals surface area contributed by atoms with Gasteiger partial charge in [-0.05, 0) is 21.5 Å². The maximum atomic E-state index is 5.47. The van der Waals surface area contributed by atoms with E-state index in [1.807, 2.05) is 30.3 Å². The third-order valence-electron chi connectivity index (χ3n) is 2.09. The molecule has 1 aromatic carbocycles. The molecule has 0 radical (unpaired) electrons. The first kappa shape index (κ1) is 11.9. The van der Waals surface area contributed by atoms with Crippen LogP contribution in [0.1, 0.15) is 5.56 Å². The Balaban J connectivity index is 2.04. The zero-order valence-electron chi connectivity index (χ0n) is 9.26. The third-order valence-corrected chi connectivity index (χ3v) is 2.64. The fraction of sp³-hybridized carbons (Fsp3) is 0.167. The summed E-state index contributed by atoms with van der Waals surface area (Å²) in [5.74, 6) is 0.461. The Bertz CT molecular complexity index is 491. The summed E-state index contributed by atoms with van der Waals surface area (Å²) < 4.78 is 11.2. The quantitative estimate of drug-likeness (QED) is 0.870. The number of methoxy groups -OCH3 is 1. The van der Waals surface area contributed by atoms with Gasteiger partial charge in [-0.25, -0.2) is 4.98 Å². The van der Waals surface area contributed by atoms with E-state index in [9.17, 15) is 0 Å². The molecular formula is C12H11BrN2O2. The molecule has 1 aromatic heterocycles. The van der Waals surface area contributed by atoms with Crippen molar-refractivity contribution in [2.24, 2.45) is 0 Å². The van der Waals surface area contributed by atoms with E-state index in [0.29, 0.717) is 23.0 Å². The molecule has 1 heterocycles. The number of aromatic nitrogens is 2. The highest BCUT2D eigenvalue weighted by atomic mass is 79.9. The molecule has 0 atom stereocenters. The minimum absolute atomic E-state index is 0.300. The van der Waals surface area contributed by atoms with E-state index >= 15 is 0 Å². The van der Waals surface area contributed by atoms with Crippen LogP contribution in [0.3, 0.4) is 0 Å². The van der Waals surface area contributed by atoms with E-state index in [1.165, 1.54) is 0 Å². The van der Waals surface area contributed by atoms with E-state index in [4.69, 9.17) is 9.47 Å². The van der Waals surface area contributed by atoms with Crippen LogP contribution in [-0.4, -0.2) is 17.1 Å². The van der Waals surface area contributed by atoms with E-state index in [1.54, 1.807) is 13.3 Å². The van der Waals surface area contributed by atoms with Gasteiger partial charge >= 0.3 is 6.01 Å². The van der Waals surface area contributed by atoms with Gasteiger partial charge in [0.25, 0.3) is 0 Å². The second-order valence-corrected chi connectivity index (χ2v) is 4.14. The van der Waals surface area contributed by atoms with E-state index < -0.39 is 0 Å². The molecular weight excluding hydrogens is 284 g/mol. The predicted molar refractivity (Wildman–Crippen MR) is 67.1 cm³/mol. The summed E-state index contributed by atoms with van der Waals surface area (Å²) in [4.78, 5) is 8.15. The Morgan fingerprint density at radius 1 is 1.24 bits per heavy atom. The summed E-state index contributed by atoms with van der Waals surface area (Å²) in [5, 5.41) is 0. The van der Waals surface area contributed by atoms with Crippen molar-refractivity contribution in [1.82, 2.24) is 9.97 Å². The van der Waals surface area contributed by atoms with E-state index in [-0.39, 0.29) is 0 Å². The Morgan fingerprint density at radius 2 is 2.00 bits per heavy atom. The lowest BCUT2D eigenvalue weighted by atomic mass is 10.2. The van der Waals surface area contributed by atoms with Gasteiger partial charge in [-0.3, -0.25) is 0 Å². The third kappa shape index (κ3) is 3.17. The van der Waals surface area contributed by atoms with Crippen LogP contribution in [0.5, 0.6) is 11.9 Å². The first-order valence-electron chi connectivity index (χ1n) is 5.03. The van der Waals surface area contributed by atoms with Crippen LogP contribution >= 0.6 is 15.9 Å². The van der Waals surface area contributed by atoms with Gasteiger partial charge in [0.2, 0.25) is 5.88 Å². The van der Waals surface area contributed by atoms with Crippen LogP contribution < -0.4 is 9.47 Å². The highest BCUT2D eigenvalue weighted by Gasteiger charge is 2.05. The molecule has 0 fully saturated rings. The van der Waals surface area contributed by atoms with Gasteiger partial charge in [-0.1, -0.05) is 30.3 Å². The van der Waals surface area contributed by atoms with Crippen LogP contribution in [-0.2, 0) is 6.61 Å². The maximum absolute atomic E-state index is 5.47. The van der Waals surface area contributed by atoms with Crippen molar-refractivity contribution < 1.29 is 9.47 Å². The fourth-order valence-corrected chi connectivity index (χ4v) is 1.62. The molecule has 0 saturated heterocycles. The van der Waals surface area contributed by atoms with Crippen molar-refractivity contribution in [3.8, 4) is 11.9 Å². The number of hydrogen-bond acceptors (Lipinski definition) is 4. The van der Waals surface area contributed by atoms with Crippen LogP contribution in [0.15, 0.2) is 41.0 Å². The number of rotatable bonds is 4. The number of hydrogen-bond donors (Lipinski definition) is 0. The molecule has 88 valence electrons. The van der Waals surface area contributed by atoms with Gasteiger partial charge in [0.1, 0.15) is 6.61 Å². The lowest BCUT2D eigenvalue weighted by Crippen LogP contribution is -2.00. The van der Waals surface area contributed by atoms with Gasteiger partial charge in [0.15, 0.2) is 0 Å². The molecule has 0 N–H and O–H groups in total. The largest absolute Gasteiger partial charge is 0.480 e. The number of halogens is 1. The minimum atomic E-state index is 0.300. The highest BCUT2D eigenvalue weighted by Crippen LogP contribution is 2.22. The van der Waals surface area contributed by atoms with Crippen LogP contribution in [0, 0.1) is 0 Å². The van der Waals surface area contributed by atoms with Crippen LogP contribution in [0.25, 0.3) is 0 Å². The van der Waals surface area contributed by atoms with Crippen molar-refractivity contribution in [2.45, 2.75) is 6.61 Å². The zero-order chi connectivity index (χ0) is 12.1. The smallest absolute Gasteiger partial charge is 0.320 e. The molecule has 0 unspecified atom stereocenters. The summed E-state index contributed by atoms with van der Waals surface area (Å²) in [6.45, 7) is 0.436. The van der Waals surface area contributed by atoms with Crippen molar-refractivity contribution in [3.05, 3.63) is 46.6 Å². The molecule has 17 heavy (non-hydrogen) atoms. The topological polar surface area (TPSA) is 44.2 Å². The second kappa shape index (κ2) is 5.63. The van der Waals surface area contributed by atoms with Crippen molar-refractivity contribution in [2.75, 3.05) is 7.11 Å². The van der Waals surface area contributed by atoms with Crippen LogP contribution in [0.2, 0.25) is 0 Å². The molecule has 4 nitrogen and oxygen atoms in total. The first-order valence-corrected chi connectivity index (χ1v) is 5.82. The monoisotopic (exact) mass is 294 g/mol. The Hall–Kier alpha value is -1.62. The van der Waals surface area contributed by atoms with Gasteiger partial charge < -0.3 is 9.47 Å². The average Bonchev–Trinajstić information content (AvgIpc) is 2.39. The lowest BCUT2D eigenvalue weighted by molar-refractivity contribution is 0.273. The minimum Gasteiger partial charge on any atom is -0.480 e. The molecule has 0 amide bonds. The molecule has 0 spiro atoms. The summed E-state index contributed by atoms with van der Waals surface area (Å²) >= 11 is 3.28. The zero-order valence-corrected chi connectivity index (χ0v) is 10.8. The normalized spacial score (nSPS) is 10.0. The molecule has 2 rings (SSSR count). The number of ether oxygens (including phenoxy) is 2. The van der Waals surface area contributed by atoms with Crippen molar-refractivity contribution in [1.29, 1.82) is 0 Å². The lowest BCUT2D eigenvalue weighted by Gasteiger charge is -2.06. The summed E-state index contributed by atoms with van der Waals surface area (Å²) in [6.07, 6.45) is 1.60. The standard InChI is InChI=1S/C12H11BrN2O2/c1-16-11-10(13)7-14-12(15-11)17-8-9-5-3-2-4-6-9/h2-7H,8H2,1H3. The van der Waals surface area contributed by atoms with Crippen molar-refractivity contribution in [3.63, 3.8) is 0 Å². The molecule has 2 aromatic rings. The molecule has 0 aliphatic carbocycles. The average molecular weight is 295 g/mol. The molecule has 5 heteroatoms. The SMILES string of the molecule is COc1nc(OCc2ccccc2)ncc1Br. The van der Waals surface area contributed by atoms with E-state index in [0.717, 1.165) is 5.56 Å². The van der Waals surface area contributed by atoms with Gasteiger partial charge in [0.05, 0.1) is 17.8 Å². The number of nitrogens with zero attached hydrogens (tertiary/aromatic N) is 2. The highest BCUT2D eigenvalue weighted by molar-refractivity contribution is 9.10. The van der Waals surface area contributed by atoms with Crippen LogP contribution in [0.4, 0.5) is 0 Å². The van der Waals surface area contributed by atoms with E-state index in [2.05, 4.69) is 25.9 Å². The van der Waals surface area contributed by atoms with Gasteiger partial charge in [-0.2, -0.15) is 4.98 Å². The predicted octanol–water partition coefficient (Wildman–Crippen LogP) is 2.83. The first-order chi connectivity index (χ1) is 8.29. The molecule has 0 aliphatic rings. The summed E-state index contributed by atoms with van der Waals surface area (Å²) in [5.41, 5.74) is 1.07. The molecule has 0 saturated carbocycles. The Kier molecular flexibility index (Phi) is 3.93. The fourth-order valence-electron chi connectivity index (χ4n) is 1.27. The second-order valence-electron chi connectivity index (χ2n) is 3.28. The Morgan fingerprint density at radius 3 is 2.71 bits per heavy atom. The number of benzene rings is 1. The van der Waals surface area contributed by atoms with Gasteiger partial charge in [-0.15, -0.1) is 0 Å². The maximum Gasteiger partial charge on any atom is 0.320 e. The summed E-state index contributed by atoms with van der Waals surface area (Å²) in [7, 11) is 1.55.